The van der Waals surface area contributed by atoms with E-state index in [0.717, 1.165) is 44.0 Å². The summed E-state index contributed by atoms with van der Waals surface area (Å²) >= 11 is 0. The van der Waals surface area contributed by atoms with Crippen LogP contribution in [0.25, 0.3) is 11.3 Å². The maximum Gasteiger partial charge on any atom is 0.240 e. The van der Waals surface area contributed by atoms with E-state index >= 15 is 0 Å². The molecule has 1 aromatic heterocycles. The number of benzene rings is 4. The number of hydrogen-bond donors (Lipinski definition) is 0. The van der Waals surface area contributed by atoms with E-state index in [0.29, 0.717) is 22.3 Å². The van der Waals surface area contributed by atoms with Gasteiger partial charge in [0.05, 0.1) is 0 Å². The van der Waals surface area contributed by atoms with Crippen LogP contribution in [-0.2, 0) is 7.05 Å². The standard InChI is InChI=1S/C36H36B2N/c1-23-19-20-34(39(7)22-23)29-21-26(4)36(28(6)27(29)5)38-32-17-10-8-15-30(32)37(31-16-9-11-18-33(31)38)35-24(2)13-12-14-25(35)3/h8-22H,1-7H3/q+1/i1D3,2D3,6D3. The molecule has 0 fully saturated rings. The zero-order chi connectivity index (χ0) is 34.9. The van der Waals surface area contributed by atoms with Crippen molar-refractivity contribution in [3.05, 3.63) is 125 Å². The Bertz CT molecular complexity index is 2020. The van der Waals surface area contributed by atoms with Gasteiger partial charge in [-0.15, -0.1) is 0 Å². The van der Waals surface area contributed by atoms with Gasteiger partial charge in [-0.05, 0) is 59.0 Å². The Morgan fingerprint density at radius 3 is 1.77 bits per heavy atom. The lowest BCUT2D eigenvalue weighted by molar-refractivity contribution is -0.660. The highest BCUT2D eigenvalue weighted by Crippen LogP contribution is 2.25. The van der Waals surface area contributed by atoms with Crippen LogP contribution in [0, 0.1) is 41.3 Å². The van der Waals surface area contributed by atoms with Crippen LogP contribution in [0.2, 0.25) is 0 Å². The van der Waals surface area contributed by atoms with E-state index in [1.54, 1.807) is 42.1 Å². The first-order valence-electron chi connectivity index (χ1n) is 17.8. The Balaban J connectivity index is 1.65. The zero-order valence-corrected chi connectivity index (χ0v) is 22.8. The highest BCUT2D eigenvalue weighted by molar-refractivity contribution is 7.11. The molecule has 0 unspecified atom stereocenters. The normalized spacial score (nSPS) is 16.8. The third kappa shape index (κ3) is 4.07. The smallest absolute Gasteiger partial charge is 0.201 e. The number of rotatable bonds is 3. The highest BCUT2D eigenvalue weighted by atomic mass is 14.9. The molecule has 0 saturated heterocycles. The van der Waals surface area contributed by atoms with Gasteiger partial charge >= 0.3 is 0 Å². The van der Waals surface area contributed by atoms with Crippen molar-refractivity contribution in [2.75, 3.05) is 0 Å². The van der Waals surface area contributed by atoms with E-state index < -0.39 is 27.3 Å². The first kappa shape index (κ1) is 17.0. The summed E-state index contributed by atoms with van der Waals surface area (Å²) in [5.41, 5.74) is 9.74. The Labute approximate surface area is 247 Å². The van der Waals surface area contributed by atoms with Crippen LogP contribution in [0.1, 0.15) is 45.7 Å². The molecule has 5 aromatic rings. The molecule has 0 aliphatic carbocycles. The molecule has 1 nitrogen and oxygen atoms in total. The van der Waals surface area contributed by atoms with Crippen LogP contribution in [-0.4, -0.2) is 13.4 Å². The molecule has 190 valence electrons. The SMILES string of the molecule is [2H]C([2H])([2H])c1ccc(-c2cc(C)c(B3c4ccccc4B(c4c(C)cccc4C([2H])([2H])[2H])c4ccccc43)c(C([2H])([2H])[2H])c2C)[n+](C)c1. The van der Waals surface area contributed by atoms with E-state index in [1.165, 1.54) is 0 Å². The van der Waals surface area contributed by atoms with Gasteiger partial charge < -0.3 is 0 Å². The lowest BCUT2D eigenvalue weighted by atomic mass is 9.20. The second-order valence-corrected chi connectivity index (χ2v) is 10.7. The summed E-state index contributed by atoms with van der Waals surface area (Å²) < 4.78 is 77.1. The van der Waals surface area contributed by atoms with Crippen LogP contribution >= 0.6 is 0 Å². The van der Waals surface area contributed by atoms with Crippen LogP contribution in [0.15, 0.2) is 91.1 Å². The van der Waals surface area contributed by atoms with Crippen molar-refractivity contribution >= 4 is 46.2 Å². The maximum absolute atomic E-state index is 8.86. The van der Waals surface area contributed by atoms with Crippen LogP contribution in [0.4, 0.5) is 0 Å². The third-order valence-electron chi connectivity index (χ3n) is 8.38. The van der Waals surface area contributed by atoms with Crippen molar-refractivity contribution in [1.29, 1.82) is 0 Å². The molecule has 0 N–H and O–H groups in total. The van der Waals surface area contributed by atoms with Crippen LogP contribution < -0.4 is 37.3 Å². The highest BCUT2D eigenvalue weighted by Gasteiger charge is 2.40. The number of nitrogens with zero attached hydrogens (tertiary/aromatic N) is 1. The largest absolute Gasteiger partial charge is 0.240 e. The Morgan fingerprint density at radius 2 is 1.21 bits per heavy atom. The van der Waals surface area contributed by atoms with E-state index in [2.05, 4.69) is 0 Å². The summed E-state index contributed by atoms with van der Waals surface area (Å²) in [7, 11) is 1.77. The number of pyridine rings is 1. The van der Waals surface area contributed by atoms with Crippen molar-refractivity contribution < 1.29 is 16.9 Å². The minimum atomic E-state index is -2.47. The fourth-order valence-electron chi connectivity index (χ4n) is 6.56. The minimum Gasteiger partial charge on any atom is -0.201 e. The van der Waals surface area contributed by atoms with Gasteiger partial charge in [-0.2, -0.15) is 0 Å². The molecule has 0 spiro atoms. The zero-order valence-electron chi connectivity index (χ0n) is 31.8. The van der Waals surface area contributed by atoms with Crippen molar-refractivity contribution in [1.82, 2.24) is 0 Å². The fraction of sp³-hybridized carbons (Fsp3) is 0.194. The molecule has 0 radical (unpaired) electrons. The second-order valence-electron chi connectivity index (χ2n) is 10.7. The molecule has 2 heterocycles. The molecule has 3 heteroatoms. The van der Waals surface area contributed by atoms with Gasteiger partial charge in [-0.1, -0.05) is 122 Å². The number of hydrogen-bond acceptors (Lipinski definition) is 0. The number of fused-ring (bicyclic) bond motifs is 2. The molecule has 0 atom stereocenters. The molecule has 0 saturated carbocycles. The fourth-order valence-corrected chi connectivity index (χ4v) is 6.56. The Kier molecular flexibility index (Phi) is 4.23. The van der Waals surface area contributed by atoms with Gasteiger partial charge in [0.1, 0.15) is 7.05 Å². The molecule has 6 rings (SSSR count). The van der Waals surface area contributed by atoms with Crippen molar-refractivity contribution in [2.45, 2.75) is 41.3 Å². The predicted molar refractivity (Wildman–Crippen MR) is 170 cm³/mol. The second kappa shape index (κ2) is 9.72. The maximum atomic E-state index is 8.86. The van der Waals surface area contributed by atoms with Gasteiger partial charge in [0, 0.05) is 29.5 Å². The number of aromatic nitrogens is 1. The summed E-state index contributed by atoms with van der Waals surface area (Å²) in [6.07, 6.45) is 1.58. The van der Waals surface area contributed by atoms with E-state index in [1.807, 2.05) is 81.4 Å². The molecule has 39 heavy (non-hydrogen) atoms. The van der Waals surface area contributed by atoms with Gasteiger partial charge in [-0.25, -0.2) is 4.57 Å². The summed E-state index contributed by atoms with van der Waals surface area (Å²) in [6.45, 7) is -2.13. The third-order valence-corrected chi connectivity index (χ3v) is 8.38. The molecular formula is C36H36B2N+. The molecule has 1 aliphatic rings. The first-order chi connectivity index (χ1) is 22.4. The van der Waals surface area contributed by atoms with Gasteiger partial charge in [-0.3, -0.25) is 0 Å². The minimum absolute atomic E-state index is 0.205. The summed E-state index contributed by atoms with van der Waals surface area (Å²) in [6, 6.07) is 26.7. The average molecular weight is 513 g/mol. The molecular weight excluding hydrogens is 468 g/mol. The van der Waals surface area contributed by atoms with Crippen LogP contribution in [0.3, 0.4) is 0 Å². The average Bonchev–Trinajstić information content (AvgIpc) is 2.99. The predicted octanol–water partition coefficient (Wildman–Crippen LogP) is 3.37. The first-order valence-corrected chi connectivity index (χ1v) is 13.3. The summed E-state index contributed by atoms with van der Waals surface area (Å²) in [4.78, 5) is 0. The molecule has 0 amide bonds. The lowest BCUT2D eigenvalue weighted by Crippen LogP contribution is -2.75. The van der Waals surface area contributed by atoms with Gasteiger partial charge in [0.15, 0.2) is 6.20 Å². The molecule has 4 aromatic carbocycles. The van der Waals surface area contributed by atoms with Crippen molar-refractivity contribution in [2.24, 2.45) is 7.05 Å². The number of aryl methyl sites for hydroxylation is 5. The van der Waals surface area contributed by atoms with Gasteiger partial charge in [0.2, 0.25) is 19.1 Å². The lowest BCUT2D eigenvalue weighted by Gasteiger charge is -2.34. The Morgan fingerprint density at radius 1 is 0.590 bits per heavy atom. The van der Waals surface area contributed by atoms with Crippen molar-refractivity contribution in [3.63, 3.8) is 0 Å². The van der Waals surface area contributed by atoms with E-state index in [9.17, 15) is 0 Å². The van der Waals surface area contributed by atoms with E-state index in [-0.39, 0.29) is 17.8 Å². The molecule has 1 aliphatic heterocycles. The Hall–Kier alpha value is -3.84. The topological polar surface area (TPSA) is 3.88 Å². The summed E-state index contributed by atoms with van der Waals surface area (Å²) in [5.74, 6) is 0. The van der Waals surface area contributed by atoms with Gasteiger partial charge in [0.25, 0.3) is 0 Å². The summed E-state index contributed by atoms with van der Waals surface area (Å²) in [5, 5.41) is 0. The molecule has 0 bridgehead atoms. The quantitative estimate of drug-likeness (QED) is 0.253. The van der Waals surface area contributed by atoms with Crippen molar-refractivity contribution in [3.8, 4) is 11.3 Å². The monoisotopic (exact) mass is 513 g/mol. The van der Waals surface area contributed by atoms with E-state index in [4.69, 9.17) is 12.3 Å². The van der Waals surface area contributed by atoms with Crippen LogP contribution in [0.5, 0.6) is 0 Å².